The summed E-state index contributed by atoms with van der Waals surface area (Å²) in [6.45, 7) is 6.51. The van der Waals surface area contributed by atoms with E-state index in [1.54, 1.807) is 0 Å². The van der Waals surface area contributed by atoms with Crippen LogP contribution in [0.4, 0.5) is 0 Å². The quantitative estimate of drug-likeness (QED) is 0.843. The zero-order valence-corrected chi connectivity index (χ0v) is 13.3. The molecule has 21 heavy (non-hydrogen) atoms. The van der Waals surface area contributed by atoms with E-state index in [1.165, 1.54) is 18.4 Å². The molecule has 2 unspecified atom stereocenters. The highest BCUT2D eigenvalue weighted by atomic mass is 16.1. The molecular formula is C18H28N2O. The first-order chi connectivity index (χ1) is 10.2. The van der Waals surface area contributed by atoms with Gasteiger partial charge in [-0.15, -0.1) is 0 Å². The highest BCUT2D eigenvalue weighted by Gasteiger charge is 2.19. The Kier molecular flexibility index (Phi) is 6.24. The highest BCUT2D eigenvalue weighted by Crippen LogP contribution is 2.22. The third kappa shape index (κ3) is 5.16. The molecule has 1 amide bonds. The molecule has 2 N–H and O–H groups in total. The third-order valence-electron chi connectivity index (χ3n) is 4.32. The van der Waals surface area contributed by atoms with Gasteiger partial charge < -0.3 is 10.6 Å². The molecule has 0 aromatic heterocycles. The SMILES string of the molecule is CC(C)C(NC(=O)CCC1CCCNC1)c1ccccc1. The molecule has 116 valence electrons. The molecule has 2 atom stereocenters. The van der Waals surface area contributed by atoms with Crippen molar-refractivity contribution in [3.8, 4) is 0 Å². The molecule has 1 fully saturated rings. The molecule has 0 saturated carbocycles. The van der Waals surface area contributed by atoms with Crippen molar-refractivity contribution in [2.24, 2.45) is 11.8 Å². The summed E-state index contributed by atoms with van der Waals surface area (Å²) in [5.41, 5.74) is 1.19. The maximum Gasteiger partial charge on any atom is 0.220 e. The van der Waals surface area contributed by atoms with Gasteiger partial charge in [0.2, 0.25) is 5.91 Å². The summed E-state index contributed by atoms with van der Waals surface area (Å²) in [6, 6.07) is 10.4. The van der Waals surface area contributed by atoms with Gasteiger partial charge in [0.15, 0.2) is 0 Å². The lowest BCUT2D eigenvalue weighted by atomic mass is 9.93. The normalized spacial score (nSPS) is 20.2. The number of nitrogens with one attached hydrogen (secondary N) is 2. The number of piperidine rings is 1. The molecule has 2 rings (SSSR count). The minimum Gasteiger partial charge on any atom is -0.349 e. The average molecular weight is 288 g/mol. The molecule has 0 spiro atoms. The Balaban J connectivity index is 1.84. The van der Waals surface area contributed by atoms with Crippen LogP contribution in [-0.2, 0) is 4.79 Å². The summed E-state index contributed by atoms with van der Waals surface area (Å²) in [7, 11) is 0. The summed E-state index contributed by atoms with van der Waals surface area (Å²) in [5, 5.41) is 6.62. The fraction of sp³-hybridized carbons (Fsp3) is 0.611. The Labute approximate surface area is 128 Å². The standard InChI is InChI=1S/C18H28N2O/c1-14(2)18(16-8-4-3-5-9-16)20-17(21)11-10-15-7-6-12-19-13-15/h3-5,8-9,14-15,18-19H,6-7,10-13H2,1-2H3,(H,20,21). The first-order valence-corrected chi connectivity index (χ1v) is 8.22. The second-order valence-corrected chi connectivity index (χ2v) is 6.45. The van der Waals surface area contributed by atoms with Crippen LogP contribution in [0, 0.1) is 11.8 Å². The molecule has 0 bridgehead atoms. The third-order valence-corrected chi connectivity index (χ3v) is 4.32. The maximum atomic E-state index is 12.2. The van der Waals surface area contributed by atoms with Crippen LogP contribution in [0.1, 0.15) is 51.1 Å². The van der Waals surface area contributed by atoms with E-state index in [9.17, 15) is 4.79 Å². The van der Waals surface area contributed by atoms with Crippen LogP contribution in [-0.4, -0.2) is 19.0 Å². The van der Waals surface area contributed by atoms with Gasteiger partial charge in [0.05, 0.1) is 6.04 Å². The van der Waals surface area contributed by atoms with Gasteiger partial charge in [0.25, 0.3) is 0 Å². The number of amides is 1. The van der Waals surface area contributed by atoms with E-state index in [4.69, 9.17) is 0 Å². The van der Waals surface area contributed by atoms with Crippen molar-refractivity contribution in [2.45, 2.75) is 45.6 Å². The van der Waals surface area contributed by atoms with Crippen LogP contribution in [0.3, 0.4) is 0 Å². The predicted octanol–water partition coefficient (Wildman–Crippen LogP) is 3.28. The van der Waals surface area contributed by atoms with E-state index >= 15 is 0 Å². The molecular weight excluding hydrogens is 260 g/mol. The Morgan fingerprint density at radius 2 is 2.10 bits per heavy atom. The van der Waals surface area contributed by atoms with E-state index in [2.05, 4.69) is 36.6 Å². The minimum atomic E-state index is 0.114. The highest BCUT2D eigenvalue weighted by molar-refractivity contribution is 5.76. The van der Waals surface area contributed by atoms with Gasteiger partial charge in [-0.05, 0) is 49.8 Å². The van der Waals surface area contributed by atoms with Crippen molar-refractivity contribution in [1.82, 2.24) is 10.6 Å². The largest absolute Gasteiger partial charge is 0.349 e. The first-order valence-electron chi connectivity index (χ1n) is 8.22. The van der Waals surface area contributed by atoms with Crippen LogP contribution in [0.2, 0.25) is 0 Å². The topological polar surface area (TPSA) is 41.1 Å². The molecule has 1 aliphatic rings. The Morgan fingerprint density at radius 3 is 2.71 bits per heavy atom. The summed E-state index contributed by atoms with van der Waals surface area (Å²) in [4.78, 5) is 12.2. The van der Waals surface area contributed by atoms with Gasteiger partial charge in [0.1, 0.15) is 0 Å². The first kappa shape index (κ1) is 16.0. The Hall–Kier alpha value is -1.35. The van der Waals surface area contributed by atoms with Crippen molar-refractivity contribution in [3.63, 3.8) is 0 Å². The number of hydrogen-bond acceptors (Lipinski definition) is 2. The van der Waals surface area contributed by atoms with Crippen LogP contribution in [0.15, 0.2) is 30.3 Å². The van der Waals surface area contributed by atoms with E-state index in [1.807, 2.05) is 18.2 Å². The number of carbonyl (C=O) groups excluding carboxylic acids is 1. The predicted molar refractivity (Wildman–Crippen MR) is 87.0 cm³/mol. The van der Waals surface area contributed by atoms with Gasteiger partial charge in [-0.1, -0.05) is 44.2 Å². The van der Waals surface area contributed by atoms with Crippen LogP contribution in [0.25, 0.3) is 0 Å². The number of rotatable bonds is 6. The van der Waals surface area contributed by atoms with Crippen molar-refractivity contribution in [3.05, 3.63) is 35.9 Å². The minimum absolute atomic E-state index is 0.114. The molecule has 3 nitrogen and oxygen atoms in total. The zero-order chi connectivity index (χ0) is 15.1. The summed E-state index contributed by atoms with van der Waals surface area (Å²) >= 11 is 0. The second-order valence-electron chi connectivity index (χ2n) is 6.45. The lowest BCUT2D eigenvalue weighted by Crippen LogP contribution is -2.33. The van der Waals surface area contributed by atoms with E-state index in [0.717, 1.165) is 19.5 Å². The van der Waals surface area contributed by atoms with Gasteiger partial charge in [0, 0.05) is 6.42 Å². The average Bonchev–Trinajstić information content (AvgIpc) is 2.52. The van der Waals surface area contributed by atoms with Crippen LogP contribution >= 0.6 is 0 Å². The van der Waals surface area contributed by atoms with E-state index in [0.29, 0.717) is 18.3 Å². The number of hydrogen-bond donors (Lipinski definition) is 2. The Bertz CT molecular complexity index is 424. The van der Waals surface area contributed by atoms with Crippen LogP contribution in [0.5, 0.6) is 0 Å². The van der Waals surface area contributed by atoms with Gasteiger partial charge in [-0.2, -0.15) is 0 Å². The number of benzene rings is 1. The van der Waals surface area contributed by atoms with Crippen LogP contribution < -0.4 is 10.6 Å². The van der Waals surface area contributed by atoms with E-state index in [-0.39, 0.29) is 11.9 Å². The van der Waals surface area contributed by atoms with Gasteiger partial charge in [-0.25, -0.2) is 0 Å². The van der Waals surface area contributed by atoms with Crippen molar-refractivity contribution in [2.75, 3.05) is 13.1 Å². The van der Waals surface area contributed by atoms with Gasteiger partial charge >= 0.3 is 0 Å². The lowest BCUT2D eigenvalue weighted by Gasteiger charge is -2.25. The van der Waals surface area contributed by atoms with Gasteiger partial charge in [-0.3, -0.25) is 4.79 Å². The zero-order valence-electron chi connectivity index (χ0n) is 13.3. The van der Waals surface area contributed by atoms with Crippen molar-refractivity contribution < 1.29 is 4.79 Å². The molecule has 1 heterocycles. The molecule has 3 heteroatoms. The monoisotopic (exact) mass is 288 g/mol. The molecule has 1 aromatic rings. The summed E-state index contributed by atoms with van der Waals surface area (Å²) in [5.74, 6) is 1.24. The molecule has 0 aliphatic carbocycles. The van der Waals surface area contributed by atoms with Crippen molar-refractivity contribution in [1.29, 1.82) is 0 Å². The number of carbonyl (C=O) groups is 1. The summed E-state index contributed by atoms with van der Waals surface area (Å²) < 4.78 is 0. The maximum absolute atomic E-state index is 12.2. The molecule has 1 aromatic carbocycles. The molecule has 1 aliphatic heterocycles. The van der Waals surface area contributed by atoms with E-state index < -0.39 is 0 Å². The fourth-order valence-electron chi connectivity index (χ4n) is 3.05. The molecule has 0 radical (unpaired) electrons. The Morgan fingerprint density at radius 1 is 1.33 bits per heavy atom. The second kappa shape index (κ2) is 8.18. The van der Waals surface area contributed by atoms with Crippen molar-refractivity contribution >= 4 is 5.91 Å². The summed E-state index contributed by atoms with van der Waals surface area (Å²) in [6.07, 6.45) is 4.14. The molecule has 1 saturated heterocycles. The smallest absolute Gasteiger partial charge is 0.220 e. The fourth-order valence-corrected chi connectivity index (χ4v) is 3.05. The lowest BCUT2D eigenvalue weighted by molar-refractivity contribution is -0.122.